The van der Waals surface area contributed by atoms with Crippen molar-refractivity contribution < 1.29 is 0 Å². The molecule has 62 valence electrons. The van der Waals surface area contributed by atoms with Gasteiger partial charge in [-0.05, 0) is 12.2 Å². The lowest BCUT2D eigenvalue weighted by Gasteiger charge is -1.79. The minimum atomic E-state index is 1.58. The topological polar surface area (TPSA) is 53.6 Å². The second kappa shape index (κ2) is 5.91. The van der Waals surface area contributed by atoms with E-state index in [1.807, 2.05) is 36.7 Å². The van der Waals surface area contributed by atoms with Gasteiger partial charge in [-0.15, -0.1) is 5.10 Å². The van der Waals surface area contributed by atoms with E-state index in [1.165, 1.54) is 0 Å². The van der Waals surface area contributed by atoms with Crippen molar-refractivity contribution in [1.82, 2.24) is 20.7 Å². The molecular formula is C8H10N4. The summed E-state index contributed by atoms with van der Waals surface area (Å²) in [6.07, 6.45) is 14.8. The Labute approximate surface area is 70.7 Å². The number of nitrogens with one attached hydrogen (secondary N) is 2. The van der Waals surface area contributed by atoms with Crippen LogP contribution in [0.2, 0.25) is 0 Å². The number of H-pyrrole nitrogens is 1. The number of aromatic nitrogens is 3. The molecule has 2 heterocycles. The monoisotopic (exact) mass is 162 g/mol. The molecule has 0 aliphatic carbocycles. The minimum absolute atomic E-state index is 1.58. The summed E-state index contributed by atoms with van der Waals surface area (Å²) in [7, 11) is 0. The quantitative estimate of drug-likeness (QED) is 0.597. The van der Waals surface area contributed by atoms with E-state index in [0.717, 1.165) is 0 Å². The molecule has 0 bridgehead atoms. The van der Waals surface area contributed by atoms with E-state index in [1.54, 1.807) is 12.4 Å². The van der Waals surface area contributed by atoms with Crippen LogP contribution in [-0.4, -0.2) is 15.4 Å². The smallest absolute Gasteiger partial charge is 0.0690 e. The van der Waals surface area contributed by atoms with Gasteiger partial charge in [-0.1, -0.05) is 17.4 Å². The molecular weight excluding hydrogens is 152 g/mol. The average Bonchev–Trinajstić information content (AvgIpc) is 2.54. The van der Waals surface area contributed by atoms with Crippen molar-refractivity contribution in [3.05, 3.63) is 49.1 Å². The van der Waals surface area contributed by atoms with Crippen molar-refractivity contribution in [3.8, 4) is 0 Å². The third-order valence-electron chi connectivity index (χ3n) is 1.05. The fraction of sp³-hybridized carbons (Fsp3) is 0. The maximum atomic E-state index is 3.42. The zero-order valence-corrected chi connectivity index (χ0v) is 6.51. The first-order chi connectivity index (χ1) is 6.00. The molecule has 0 spiro atoms. The van der Waals surface area contributed by atoms with Gasteiger partial charge in [-0.25, -0.2) is 0 Å². The second-order valence-electron chi connectivity index (χ2n) is 1.93. The van der Waals surface area contributed by atoms with Crippen LogP contribution in [0.1, 0.15) is 0 Å². The first-order valence-corrected chi connectivity index (χ1v) is 3.55. The van der Waals surface area contributed by atoms with Crippen LogP contribution in [0.5, 0.6) is 0 Å². The number of nitrogens with zero attached hydrogens (tertiary/aromatic N) is 2. The Bertz CT molecular complexity index is 227. The summed E-state index contributed by atoms with van der Waals surface area (Å²) in [5.41, 5.74) is 0. The van der Waals surface area contributed by atoms with Crippen LogP contribution in [0, 0.1) is 0 Å². The molecule has 0 aromatic carbocycles. The minimum Gasteiger partial charge on any atom is -0.368 e. The maximum Gasteiger partial charge on any atom is 0.0690 e. The molecule has 4 heteroatoms. The number of hydrogen-bond donors (Lipinski definition) is 2. The van der Waals surface area contributed by atoms with E-state index in [9.17, 15) is 0 Å². The summed E-state index contributed by atoms with van der Waals surface area (Å²) in [5, 5.41) is 12.2. The van der Waals surface area contributed by atoms with Crippen molar-refractivity contribution >= 4 is 0 Å². The summed E-state index contributed by atoms with van der Waals surface area (Å²) in [6.45, 7) is 0. The Morgan fingerprint density at radius 1 is 0.917 bits per heavy atom. The van der Waals surface area contributed by atoms with Crippen molar-refractivity contribution in [1.29, 1.82) is 0 Å². The van der Waals surface area contributed by atoms with Crippen LogP contribution in [0.4, 0.5) is 0 Å². The molecule has 12 heavy (non-hydrogen) atoms. The van der Waals surface area contributed by atoms with E-state index < -0.39 is 0 Å². The van der Waals surface area contributed by atoms with Crippen molar-refractivity contribution in [2.45, 2.75) is 0 Å². The summed E-state index contributed by atoms with van der Waals surface area (Å²) in [6, 6.07) is 0. The van der Waals surface area contributed by atoms with Crippen LogP contribution in [-0.2, 0) is 0 Å². The van der Waals surface area contributed by atoms with E-state index in [-0.39, 0.29) is 0 Å². The SMILES string of the molecule is C1=CC=CNC=C1.c1c[nH]nn1. The Kier molecular flexibility index (Phi) is 4.07. The summed E-state index contributed by atoms with van der Waals surface area (Å²) in [4.78, 5) is 0. The number of aromatic amines is 1. The van der Waals surface area contributed by atoms with Crippen LogP contribution in [0.25, 0.3) is 0 Å². The van der Waals surface area contributed by atoms with Gasteiger partial charge < -0.3 is 5.32 Å². The largest absolute Gasteiger partial charge is 0.368 e. The zero-order valence-electron chi connectivity index (χ0n) is 6.51. The average molecular weight is 162 g/mol. The summed E-state index contributed by atoms with van der Waals surface area (Å²) in [5.74, 6) is 0. The molecule has 0 amide bonds. The predicted molar refractivity (Wildman–Crippen MR) is 46.9 cm³/mol. The molecule has 0 saturated carbocycles. The molecule has 1 aliphatic heterocycles. The first kappa shape index (κ1) is 8.26. The Morgan fingerprint density at radius 3 is 2.08 bits per heavy atom. The number of allylic oxidation sites excluding steroid dienone is 4. The summed E-state index contributed by atoms with van der Waals surface area (Å²) >= 11 is 0. The Hall–Kier alpha value is -1.84. The van der Waals surface area contributed by atoms with Gasteiger partial charge >= 0.3 is 0 Å². The van der Waals surface area contributed by atoms with E-state index in [4.69, 9.17) is 0 Å². The molecule has 1 aromatic heterocycles. The molecule has 0 atom stereocenters. The molecule has 0 saturated heterocycles. The lowest BCUT2D eigenvalue weighted by molar-refractivity contribution is 0.940. The third-order valence-corrected chi connectivity index (χ3v) is 1.05. The van der Waals surface area contributed by atoms with Crippen molar-refractivity contribution in [2.75, 3.05) is 0 Å². The van der Waals surface area contributed by atoms with Crippen molar-refractivity contribution in [3.63, 3.8) is 0 Å². The van der Waals surface area contributed by atoms with Gasteiger partial charge in [-0.2, -0.15) is 0 Å². The van der Waals surface area contributed by atoms with Gasteiger partial charge in [0, 0.05) is 18.6 Å². The lowest BCUT2D eigenvalue weighted by Crippen LogP contribution is -1.87. The van der Waals surface area contributed by atoms with E-state index >= 15 is 0 Å². The normalized spacial score (nSPS) is 12.7. The maximum absolute atomic E-state index is 3.42. The molecule has 0 fully saturated rings. The summed E-state index contributed by atoms with van der Waals surface area (Å²) < 4.78 is 0. The van der Waals surface area contributed by atoms with Crippen LogP contribution in [0.3, 0.4) is 0 Å². The Balaban J connectivity index is 0.000000127. The zero-order chi connectivity index (χ0) is 8.49. The first-order valence-electron chi connectivity index (χ1n) is 3.55. The molecule has 0 unspecified atom stereocenters. The van der Waals surface area contributed by atoms with Gasteiger partial charge in [0.15, 0.2) is 0 Å². The number of rotatable bonds is 0. The van der Waals surface area contributed by atoms with Gasteiger partial charge in [0.1, 0.15) is 0 Å². The molecule has 1 aliphatic rings. The molecule has 4 nitrogen and oxygen atoms in total. The molecule has 2 N–H and O–H groups in total. The van der Waals surface area contributed by atoms with Crippen LogP contribution in [0.15, 0.2) is 49.1 Å². The van der Waals surface area contributed by atoms with Crippen LogP contribution >= 0.6 is 0 Å². The second-order valence-corrected chi connectivity index (χ2v) is 1.93. The highest BCUT2D eigenvalue weighted by Gasteiger charge is 1.67. The van der Waals surface area contributed by atoms with Gasteiger partial charge in [0.25, 0.3) is 0 Å². The fourth-order valence-corrected chi connectivity index (χ4v) is 0.573. The predicted octanol–water partition coefficient (Wildman–Crippen LogP) is 0.978. The standard InChI is InChI=1S/C6H7N.C2H3N3/c1-2-4-6-7-5-3-1;1-2-4-5-3-1/h1-7H;1-2H,(H,3,4,5). The number of hydrogen-bond acceptors (Lipinski definition) is 3. The van der Waals surface area contributed by atoms with Crippen LogP contribution < -0.4 is 5.32 Å². The fourth-order valence-electron chi connectivity index (χ4n) is 0.573. The highest BCUT2D eigenvalue weighted by atomic mass is 15.3. The molecule has 0 radical (unpaired) electrons. The molecule has 1 aromatic rings. The third kappa shape index (κ3) is 4.05. The molecule has 2 rings (SSSR count). The van der Waals surface area contributed by atoms with Gasteiger partial charge in [0.05, 0.1) is 6.20 Å². The Morgan fingerprint density at radius 2 is 1.67 bits per heavy atom. The van der Waals surface area contributed by atoms with E-state index in [0.29, 0.717) is 0 Å². The highest BCUT2D eigenvalue weighted by Crippen LogP contribution is 1.81. The lowest BCUT2D eigenvalue weighted by atomic mass is 10.5. The van der Waals surface area contributed by atoms with Gasteiger partial charge in [0.2, 0.25) is 0 Å². The van der Waals surface area contributed by atoms with E-state index in [2.05, 4.69) is 20.7 Å². The van der Waals surface area contributed by atoms with Crippen molar-refractivity contribution in [2.24, 2.45) is 0 Å². The highest BCUT2D eigenvalue weighted by molar-refractivity contribution is 5.14. The van der Waals surface area contributed by atoms with Gasteiger partial charge in [-0.3, -0.25) is 5.10 Å².